The number of nitrogens with zero attached hydrogens (tertiary/aromatic N) is 7. The summed E-state index contributed by atoms with van der Waals surface area (Å²) in [7, 11) is 0. The van der Waals surface area contributed by atoms with E-state index in [1.54, 1.807) is 24.7 Å². The summed E-state index contributed by atoms with van der Waals surface area (Å²) >= 11 is 0. The molecule has 2 fully saturated rings. The van der Waals surface area contributed by atoms with Crippen molar-refractivity contribution >= 4 is 22.7 Å². The van der Waals surface area contributed by atoms with Crippen LogP contribution < -0.4 is 21.3 Å². The number of hydrogen-bond donors (Lipinski definition) is 2. The number of aryl methyl sites for hydroxylation is 1. The van der Waals surface area contributed by atoms with Crippen LogP contribution in [0.4, 0.5) is 17.2 Å². The second kappa shape index (κ2) is 12.0. The largest absolute Gasteiger partial charge is 0.392 e. The molecule has 0 spiro atoms. The summed E-state index contributed by atoms with van der Waals surface area (Å²) in [4.78, 5) is 41.2. The Labute approximate surface area is 289 Å². The van der Waals surface area contributed by atoms with Crippen LogP contribution in [0.5, 0.6) is 0 Å². The molecule has 2 N–H and O–H groups in total. The van der Waals surface area contributed by atoms with E-state index in [0.29, 0.717) is 21.9 Å². The number of fused-ring (bicyclic) bond motifs is 3. The SMILES string of the molecule is [2H]C(O)c1c(-c2cc(Nc3ccc(N4CCN(C5COC5)C[C@@H]4C)cn3)c(=O)n(C([2H])([2H])[2H])c2)ccnc1-n1ccn2c3c(cc2c1=O)CC(C)(C)C3. The van der Waals surface area contributed by atoms with Crippen LogP contribution in [0, 0.1) is 5.41 Å². The van der Waals surface area contributed by atoms with Crippen LogP contribution in [0.2, 0.25) is 0 Å². The van der Waals surface area contributed by atoms with Gasteiger partial charge in [0, 0.05) is 78.4 Å². The van der Waals surface area contributed by atoms with E-state index in [0.717, 1.165) is 62.6 Å². The Morgan fingerprint density at radius 1 is 1.10 bits per heavy atom. The smallest absolute Gasteiger partial charge is 0.280 e. The molecule has 254 valence electrons. The van der Waals surface area contributed by atoms with Crippen molar-refractivity contribution in [2.75, 3.05) is 43.1 Å². The number of pyridine rings is 3. The van der Waals surface area contributed by atoms with Gasteiger partial charge in [0.1, 0.15) is 22.8 Å². The van der Waals surface area contributed by atoms with Crippen LogP contribution in [-0.4, -0.2) is 78.4 Å². The van der Waals surface area contributed by atoms with Gasteiger partial charge in [-0.2, -0.15) is 0 Å². The third kappa shape index (κ3) is 5.53. The molecule has 8 rings (SSSR count). The lowest BCUT2D eigenvalue weighted by molar-refractivity contribution is -0.0691. The maximum atomic E-state index is 13.9. The van der Waals surface area contributed by atoms with Crippen LogP contribution in [0.15, 0.2) is 70.9 Å². The predicted octanol–water partition coefficient (Wildman–Crippen LogP) is 3.52. The number of aromatic nitrogens is 5. The van der Waals surface area contributed by atoms with E-state index in [9.17, 15) is 14.7 Å². The van der Waals surface area contributed by atoms with Gasteiger partial charge in [0.05, 0.1) is 39.1 Å². The van der Waals surface area contributed by atoms with Crippen molar-refractivity contribution in [1.82, 2.24) is 28.4 Å². The number of aliphatic hydroxyl groups is 1. The number of aliphatic hydroxyl groups excluding tert-OH is 1. The number of ether oxygens (including phenoxy) is 1. The second-order valence-electron chi connectivity index (χ2n) is 14.2. The van der Waals surface area contributed by atoms with Gasteiger partial charge in [-0.15, -0.1) is 0 Å². The molecule has 5 aromatic rings. The van der Waals surface area contributed by atoms with Crippen molar-refractivity contribution in [2.24, 2.45) is 12.4 Å². The zero-order chi connectivity index (χ0) is 37.4. The molecule has 0 radical (unpaired) electrons. The molecule has 2 atom stereocenters. The Bertz CT molecular complexity index is 2330. The first-order valence-electron chi connectivity index (χ1n) is 18.7. The van der Waals surface area contributed by atoms with Crippen molar-refractivity contribution in [3.63, 3.8) is 0 Å². The number of piperazine rings is 1. The van der Waals surface area contributed by atoms with Crippen molar-refractivity contribution < 1.29 is 15.3 Å². The summed E-state index contributed by atoms with van der Waals surface area (Å²) in [5, 5.41) is 13.9. The summed E-state index contributed by atoms with van der Waals surface area (Å²) in [6.45, 7) is 6.06. The molecule has 3 aliphatic rings. The molecule has 5 aromatic heterocycles. The van der Waals surface area contributed by atoms with Gasteiger partial charge in [-0.25, -0.2) is 9.97 Å². The normalized spacial score (nSPS) is 21.4. The summed E-state index contributed by atoms with van der Waals surface area (Å²) in [5.41, 5.74) is 2.83. The fraction of sp³-hybridized carbons (Fsp3) is 0.405. The molecule has 0 amide bonds. The van der Waals surface area contributed by atoms with Gasteiger partial charge in [0.2, 0.25) is 0 Å². The number of nitrogens with one attached hydrogen (secondary N) is 1. The molecular formula is C37H42N8O4. The number of rotatable bonds is 7. The standard InChI is InChI=1S/C37H42N8O4/c1-23-18-42(27-21-49-22-27)9-10-43(23)26-5-6-33(39-17-26)40-30-13-25(19-41(4)35(30)47)28-7-8-38-34(29(28)20-46)45-12-11-44-31(36(45)48)14-24-15-37(2,3)16-32(24)44/h5-8,11-14,17,19,23,27,46H,9-10,15-16,18,20-22H2,1-4H3,(H,39,40)/t23-/m0/s1/i4D3,20D/t20?,23-. The highest BCUT2D eigenvalue weighted by molar-refractivity contribution is 5.73. The van der Waals surface area contributed by atoms with E-state index in [1.165, 1.54) is 29.1 Å². The summed E-state index contributed by atoms with van der Waals surface area (Å²) in [5.74, 6) is 0.352. The van der Waals surface area contributed by atoms with Gasteiger partial charge in [-0.05, 0) is 66.6 Å². The first-order chi connectivity index (χ1) is 25.2. The fourth-order valence-electron chi connectivity index (χ4n) is 7.58. The van der Waals surface area contributed by atoms with Gasteiger partial charge >= 0.3 is 0 Å². The van der Waals surface area contributed by atoms with Crippen LogP contribution in [0.1, 0.15) is 43.1 Å². The average molecular weight is 667 g/mol. The molecule has 7 heterocycles. The third-order valence-corrected chi connectivity index (χ3v) is 10.1. The van der Waals surface area contributed by atoms with Gasteiger partial charge in [0.15, 0.2) is 0 Å². The van der Waals surface area contributed by atoms with Crippen molar-refractivity contribution in [1.29, 1.82) is 0 Å². The minimum atomic E-state index is -2.85. The molecule has 12 nitrogen and oxygen atoms in total. The van der Waals surface area contributed by atoms with Gasteiger partial charge in [0.25, 0.3) is 11.1 Å². The van der Waals surface area contributed by atoms with Crippen molar-refractivity contribution in [3.05, 3.63) is 98.8 Å². The number of hydrogen-bond acceptors (Lipinski definition) is 9. The second-order valence-corrected chi connectivity index (χ2v) is 14.2. The molecular weight excluding hydrogens is 620 g/mol. The minimum absolute atomic E-state index is 0.0219. The molecule has 2 saturated heterocycles. The van der Waals surface area contributed by atoms with E-state index in [4.69, 9.17) is 10.2 Å². The Hall–Kier alpha value is -4.78. The van der Waals surface area contributed by atoms with E-state index < -0.39 is 19.1 Å². The van der Waals surface area contributed by atoms with Gasteiger partial charge < -0.3 is 29.0 Å². The lowest BCUT2D eigenvalue weighted by Gasteiger charge is -2.46. The monoisotopic (exact) mass is 666 g/mol. The van der Waals surface area contributed by atoms with Crippen LogP contribution in [-0.2, 0) is 31.1 Å². The highest BCUT2D eigenvalue weighted by Gasteiger charge is 2.33. The molecule has 49 heavy (non-hydrogen) atoms. The predicted molar refractivity (Wildman–Crippen MR) is 189 cm³/mol. The molecule has 12 heteroatoms. The quantitative estimate of drug-likeness (QED) is 0.269. The lowest BCUT2D eigenvalue weighted by Crippen LogP contribution is -2.59. The fourth-order valence-corrected chi connectivity index (χ4v) is 7.58. The van der Waals surface area contributed by atoms with Gasteiger partial charge in [-0.3, -0.25) is 19.1 Å². The molecule has 0 bridgehead atoms. The summed E-state index contributed by atoms with van der Waals surface area (Å²) in [6, 6.07) is 9.26. The Balaban J connectivity index is 1.14. The molecule has 0 saturated carbocycles. The highest BCUT2D eigenvalue weighted by Crippen LogP contribution is 2.37. The van der Waals surface area contributed by atoms with Crippen LogP contribution >= 0.6 is 0 Å². The topological polar surface area (TPSA) is 122 Å². The molecule has 2 aliphatic heterocycles. The first-order valence-corrected chi connectivity index (χ1v) is 16.6. The van der Waals surface area contributed by atoms with E-state index in [1.807, 2.05) is 16.5 Å². The van der Waals surface area contributed by atoms with Crippen LogP contribution in [0.3, 0.4) is 0 Å². The lowest BCUT2D eigenvalue weighted by atomic mass is 9.90. The van der Waals surface area contributed by atoms with Crippen LogP contribution in [0.25, 0.3) is 22.5 Å². The maximum absolute atomic E-state index is 13.9. The van der Waals surface area contributed by atoms with Gasteiger partial charge in [-0.1, -0.05) is 13.8 Å². The maximum Gasteiger partial charge on any atom is 0.280 e. The molecule has 0 aromatic carbocycles. The van der Waals surface area contributed by atoms with E-state index >= 15 is 0 Å². The number of anilines is 3. The first kappa shape index (κ1) is 27.1. The molecule has 1 unspecified atom stereocenters. The zero-order valence-electron chi connectivity index (χ0n) is 31.8. The third-order valence-electron chi connectivity index (χ3n) is 10.1. The average Bonchev–Trinajstić information content (AvgIpc) is 3.57. The Morgan fingerprint density at radius 2 is 1.96 bits per heavy atom. The molecule has 1 aliphatic carbocycles. The highest BCUT2D eigenvalue weighted by atomic mass is 16.5. The van der Waals surface area contributed by atoms with Crippen molar-refractivity contribution in [3.8, 4) is 16.9 Å². The summed E-state index contributed by atoms with van der Waals surface area (Å²) < 4.78 is 42.1. The van der Waals surface area contributed by atoms with E-state index in [-0.39, 0.29) is 45.2 Å². The Morgan fingerprint density at radius 3 is 2.67 bits per heavy atom. The van der Waals surface area contributed by atoms with Crippen molar-refractivity contribution in [2.45, 2.75) is 52.3 Å². The Kier molecular flexibility index (Phi) is 6.62. The minimum Gasteiger partial charge on any atom is -0.392 e. The zero-order valence-corrected chi connectivity index (χ0v) is 27.8. The van der Waals surface area contributed by atoms with E-state index in [2.05, 4.69) is 45.9 Å². The summed E-state index contributed by atoms with van der Waals surface area (Å²) in [6.07, 6.45) is 9.34.